The summed E-state index contributed by atoms with van der Waals surface area (Å²) in [6, 6.07) is 5.83. The minimum absolute atomic E-state index is 0.598. The van der Waals surface area contributed by atoms with Crippen molar-refractivity contribution in [3.63, 3.8) is 0 Å². The van der Waals surface area contributed by atoms with Crippen molar-refractivity contribution < 1.29 is 9.47 Å². The van der Waals surface area contributed by atoms with Crippen molar-refractivity contribution in [2.45, 2.75) is 12.8 Å². The van der Waals surface area contributed by atoms with Crippen LogP contribution in [0.5, 0.6) is 11.5 Å². The lowest BCUT2D eigenvalue weighted by molar-refractivity contribution is 0.210. The van der Waals surface area contributed by atoms with E-state index in [1.165, 1.54) is 12.8 Å². The van der Waals surface area contributed by atoms with E-state index in [0.29, 0.717) is 5.92 Å². The van der Waals surface area contributed by atoms with Gasteiger partial charge in [0.25, 0.3) is 0 Å². The molecular weight excluding hydrogens is 282 g/mol. The predicted molar refractivity (Wildman–Crippen MR) is 71.8 cm³/mol. The van der Waals surface area contributed by atoms with E-state index in [2.05, 4.69) is 21.2 Å². The first kappa shape index (κ1) is 12.7. The van der Waals surface area contributed by atoms with Gasteiger partial charge in [-0.05, 0) is 47.4 Å². The number of piperidine rings is 1. The number of benzene rings is 1. The predicted octanol–water partition coefficient (Wildman–Crippen LogP) is 2.84. The van der Waals surface area contributed by atoms with E-state index in [-0.39, 0.29) is 0 Å². The molecule has 3 nitrogen and oxygen atoms in total. The summed E-state index contributed by atoms with van der Waals surface area (Å²) in [6.45, 7) is 2.92. The quantitative estimate of drug-likeness (QED) is 0.927. The molecule has 1 fully saturated rings. The van der Waals surface area contributed by atoms with Gasteiger partial charge in [-0.1, -0.05) is 6.07 Å². The van der Waals surface area contributed by atoms with Crippen molar-refractivity contribution in [2.24, 2.45) is 5.92 Å². The van der Waals surface area contributed by atoms with Crippen molar-refractivity contribution in [2.75, 3.05) is 26.8 Å². The molecule has 94 valence electrons. The first-order valence-electron chi connectivity index (χ1n) is 5.97. The molecular formula is C13H18BrNO2. The molecule has 1 aromatic rings. The van der Waals surface area contributed by atoms with E-state index < -0.39 is 0 Å². The van der Waals surface area contributed by atoms with Crippen LogP contribution in [0.25, 0.3) is 0 Å². The van der Waals surface area contributed by atoms with Crippen molar-refractivity contribution >= 4 is 15.9 Å². The van der Waals surface area contributed by atoms with Crippen LogP contribution in [0.3, 0.4) is 0 Å². The van der Waals surface area contributed by atoms with E-state index in [1.54, 1.807) is 7.11 Å². The van der Waals surface area contributed by atoms with E-state index in [4.69, 9.17) is 9.47 Å². The molecule has 1 heterocycles. The summed E-state index contributed by atoms with van der Waals surface area (Å²) in [7, 11) is 1.66. The molecule has 0 bridgehead atoms. The van der Waals surface area contributed by atoms with Crippen LogP contribution in [0.1, 0.15) is 12.8 Å². The van der Waals surface area contributed by atoms with Gasteiger partial charge in [0.05, 0.1) is 18.2 Å². The van der Waals surface area contributed by atoms with Crippen molar-refractivity contribution in [1.29, 1.82) is 0 Å². The van der Waals surface area contributed by atoms with Crippen LogP contribution in [0, 0.1) is 5.92 Å². The Labute approximate surface area is 111 Å². The summed E-state index contributed by atoms with van der Waals surface area (Å²) < 4.78 is 12.1. The van der Waals surface area contributed by atoms with Crippen LogP contribution in [-0.2, 0) is 0 Å². The highest BCUT2D eigenvalue weighted by molar-refractivity contribution is 9.10. The third kappa shape index (κ3) is 3.36. The fourth-order valence-electron chi connectivity index (χ4n) is 2.06. The van der Waals surface area contributed by atoms with Crippen molar-refractivity contribution in [3.05, 3.63) is 22.7 Å². The lowest BCUT2D eigenvalue weighted by Gasteiger charge is -2.23. The Bertz CT molecular complexity index is 364. The minimum Gasteiger partial charge on any atom is -0.493 e. The average Bonchev–Trinajstić information content (AvgIpc) is 2.38. The number of hydrogen-bond donors (Lipinski definition) is 1. The lowest BCUT2D eigenvalue weighted by Crippen LogP contribution is -2.33. The largest absolute Gasteiger partial charge is 0.493 e. The molecule has 1 aromatic carbocycles. The first-order chi connectivity index (χ1) is 8.31. The Morgan fingerprint density at radius 1 is 1.47 bits per heavy atom. The van der Waals surface area contributed by atoms with E-state index >= 15 is 0 Å². The zero-order valence-electron chi connectivity index (χ0n) is 10.0. The summed E-state index contributed by atoms with van der Waals surface area (Å²) in [6.07, 6.45) is 2.47. The van der Waals surface area contributed by atoms with Gasteiger partial charge in [-0.2, -0.15) is 0 Å². The second kappa shape index (κ2) is 6.26. The van der Waals surface area contributed by atoms with Gasteiger partial charge in [-0.3, -0.25) is 0 Å². The molecule has 1 aliphatic rings. The molecule has 2 rings (SSSR count). The number of halogens is 1. The number of para-hydroxylation sites is 1. The topological polar surface area (TPSA) is 30.5 Å². The fourth-order valence-corrected chi connectivity index (χ4v) is 2.52. The van der Waals surface area contributed by atoms with Gasteiger partial charge in [-0.25, -0.2) is 0 Å². The minimum atomic E-state index is 0.598. The molecule has 1 unspecified atom stereocenters. The van der Waals surface area contributed by atoms with Gasteiger partial charge in [0.1, 0.15) is 0 Å². The number of ether oxygens (including phenoxy) is 2. The third-order valence-corrected chi connectivity index (χ3v) is 3.64. The number of hydrogen-bond acceptors (Lipinski definition) is 3. The van der Waals surface area contributed by atoms with Gasteiger partial charge in [-0.15, -0.1) is 0 Å². The molecule has 4 heteroatoms. The third-order valence-electron chi connectivity index (χ3n) is 3.01. The van der Waals surface area contributed by atoms with Crippen molar-refractivity contribution in [1.82, 2.24) is 5.32 Å². The maximum atomic E-state index is 5.89. The Morgan fingerprint density at radius 2 is 2.35 bits per heavy atom. The Morgan fingerprint density at radius 3 is 3.06 bits per heavy atom. The molecule has 1 aliphatic heterocycles. The Hall–Kier alpha value is -0.740. The summed E-state index contributed by atoms with van der Waals surface area (Å²) in [5.74, 6) is 2.18. The van der Waals surface area contributed by atoms with Gasteiger partial charge in [0.15, 0.2) is 11.5 Å². The Kier molecular flexibility index (Phi) is 4.68. The molecule has 0 radical (unpaired) electrons. The number of methoxy groups -OCH3 is 1. The molecule has 17 heavy (non-hydrogen) atoms. The second-order valence-electron chi connectivity index (χ2n) is 4.29. The molecule has 1 saturated heterocycles. The Balaban J connectivity index is 1.97. The molecule has 0 spiro atoms. The van der Waals surface area contributed by atoms with Gasteiger partial charge >= 0.3 is 0 Å². The number of rotatable bonds is 4. The van der Waals surface area contributed by atoms with E-state index in [9.17, 15) is 0 Å². The molecule has 1 N–H and O–H groups in total. The van der Waals surface area contributed by atoms with Crippen LogP contribution >= 0.6 is 15.9 Å². The summed E-state index contributed by atoms with van der Waals surface area (Å²) in [5.41, 5.74) is 0. The standard InChI is InChI=1S/C13H18BrNO2/c1-16-12-6-2-5-11(14)13(12)17-9-10-4-3-7-15-8-10/h2,5-6,10,15H,3-4,7-9H2,1H3. The van der Waals surface area contributed by atoms with Crippen LogP contribution < -0.4 is 14.8 Å². The summed E-state index contributed by atoms with van der Waals surface area (Å²) in [5, 5.41) is 3.39. The molecule has 0 aromatic heterocycles. The molecule has 0 amide bonds. The average molecular weight is 300 g/mol. The van der Waals surface area contributed by atoms with Gasteiger partial charge < -0.3 is 14.8 Å². The van der Waals surface area contributed by atoms with Crippen LogP contribution in [0.2, 0.25) is 0 Å². The van der Waals surface area contributed by atoms with Crippen LogP contribution in [0.15, 0.2) is 22.7 Å². The van der Waals surface area contributed by atoms with Gasteiger partial charge in [0, 0.05) is 12.5 Å². The van der Waals surface area contributed by atoms with Crippen molar-refractivity contribution in [3.8, 4) is 11.5 Å². The summed E-state index contributed by atoms with van der Waals surface area (Å²) in [4.78, 5) is 0. The second-order valence-corrected chi connectivity index (χ2v) is 5.15. The maximum Gasteiger partial charge on any atom is 0.175 e. The first-order valence-corrected chi connectivity index (χ1v) is 6.76. The number of nitrogens with one attached hydrogen (secondary N) is 1. The smallest absolute Gasteiger partial charge is 0.175 e. The summed E-state index contributed by atoms with van der Waals surface area (Å²) >= 11 is 3.49. The van der Waals surface area contributed by atoms with E-state index in [1.807, 2.05) is 18.2 Å². The normalized spacial score (nSPS) is 20.0. The highest BCUT2D eigenvalue weighted by Gasteiger charge is 2.15. The van der Waals surface area contributed by atoms with Crippen LogP contribution in [-0.4, -0.2) is 26.8 Å². The highest BCUT2D eigenvalue weighted by atomic mass is 79.9. The fraction of sp³-hybridized carbons (Fsp3) is 0.538. The maximum absolute atomic E-state index is 5.89. The zero-order valence-corrected chi connectivity index (χ0v) is 11.6. The zero-order chi connectivity index (χ0) is 12.1. The van der Waals surface area contributed by atoms with Gasteiger partial charge in [0.2, 0.25) is 0 Å². The lowest BCUT2D eigenvalue weighted by atomic mass is 10.0. The SMILES string of the molecule is COc1cccc(Br)c1OCC1CCCNC1. The van der Waals surface area contributed by atoms with E-state index in [0.717, 1.165) is 35.7 Å². The highest BCUT2D eigenvalue weighted by Crippen LogP contribution is 2.35. The molecule has 0 aliphatic carbocycles. The monoisotopic (exact) mass is 299 g/mol. The molecule has 1 atom stereocenters. The molecule has 0 saturated carbocycles. The van der Waals surface area contributed by atoms with Crippen LogP contribution in [0.4, 0.5) is 0 Å².